The zero-order valence-electron chi connectivity index (χ0n) is 16.9. The maximum atomic E-state index is 4.78. The van der Waals surface area contributed by atoms with Gasteiger partial charge in [0, 0.05) is 23.2 Å². The lowest BCUT2D eigenvalue weighted by molar-refractivity contribution is 1.24. The van der Waals surface area contributed by atoms with Crippen molar-refractivity contribution in [2.24, 2.45) is 0 Å². The van der Waals surface area contributed by atoms with Crippen LogP contribution in [0, 0.1) is 0 Å². The Bertz CT molecular complexity index is 1730. The van der Waals surface area contributed by atoms with Gasteiger partial charge >= 0.3 is 0 Å². The van der Waals surface area contributed by atoms with Gasteiger partial charge in [0.25, 0.3) is 0 Å². The Morgan fingerprint density at radius 1 is 0.645 bits per heavy atom. The third kappa shape index (κ3) is 1.91. The van der Waals surface area contributed by atoms with Gasteiger partial charge in [0.15, 0.2) is 0 Å². The van der Waals surface area contributed by atoms with Gasteiger partial charge in [0.2, 0.25) is 0 Å². The van der Waals surface area contributed by atoms with Crippen molar-refractivity contribution in [2.75, 3.05) is 0 Å². The molecule has 0 N–H and O–H groups in total. The van der Waals surface area contributed by atoms with Crippen molar-refractivity contribution in [3.8, 4) is 22.3 Å². The molecule has 144 valence electrons. The second kappa shape index (κ2) is 5.41. The summed E-state index contributed by atoms with van der Waals surface area (Å²) in [4.78, 5) is 4.78. The van der Waals surface area contributed by atoms with Gasteiger partial charge in [-0.05, 0) is 80.9 Å². The van der Waals surface area contributed by atoms with Gasteiger partial charge in [0.1, 0.15) is 5.65 Å². The van der Waals surface area contributed by atoms with E-state index in [1.807, 2.05) is 6.20 Å². The maximum absolute atomic E-state index is 4.78. The Hall–Kier alpha value is -3.91. The first-order valence-electron chi connectivity index (χ1n) is 10.9. The summed E-state index contributed by atoms with van der Waals surface area (Å²) in [5.74, 6) is 0. The van der Waals surface area contributed by atoms with E-state index < -0.39 is 0 Å². The van der Waals surface area contributed by atoms with Crippen LogP contribution in [0.5, 0.6) is 0 Å². The Morgan fingerprint density at radius 2 is 1.42 bits per heavy atom. The fourth-order valence-corrected chi connectivity index (χ4v) is 5.96. The van der Waals surface area contributed by atoms with Crippen molar-refractivity contribution >= 4 is 27.3 Å². The van der Waals surface area contributed by atoms with E-state index in [1.54, 1.807) is 0 Å². The van der Waals surface area contributed by atoms with Crippen molar-refractivity contribution in [3.05, 3.63) is 107 Å². The highest BCUT2D eigenvalue weighted by atomic mass is 15.0. The third-order valence-electron chi connectivity index (χ3n) is 7.28. The molecule has 2 aromatic heterocycles. The smallest absolute Gasteiger partial charge is 0.145 e. The molecule has 0 radical (unpaired) electrons. The average Bonchev–Trinajstić information content (AvgIpc) is 3.52. The molecule has 4 aromatic carbocycles. The molecule has 2 aliphatic rings. The normalized spacial score (nSPS) is 13.5. The molecule has 0 atom stereocenters. The number of pyridine rings is 1. The van der Waals surface area contributed by atoms with Crippen LogP contribution < -0.4 is 0 Å². The second-order valence-electron chi connectivity index (χ2n) is 8.84. The van der Waals surface area contributed by atoms with Crippen molar-refractivity contribution in [2.45, 2.75) is 12.8 Å². The summed E-state index contributed by atoms with van der Waals surface area (Å²) in [7, 11) is 0. The van der Waals surface area contributed by atoms with Crippen molar-refractivity contribution < 1.29 is 0 Å². The Morgan fingerprint density at radius 3 is 2.32 bits per heavy atom. The molecule has 2 nitrogen and oxygen atoms in total. The van der Waals surface area contributed by atoms with Crippen LogP contribution in [0.2, 0.25) is 0 Å². The number of nitrogens with zero attached hydrogens (tertiary/aromatic N) is 2. The topological polar surface area (TPSA) is 17.3 Å². The van der Waals surface area contributed by atoms with E-state index in [-0.39, 0.29) is 0 Å². The lowest BCUT2D eigenvalue weighted by Gasteiger charge is -2.15. The average molecular weight is 394 g/mol. The van der Waals surface area contributed by atoms with Gasteiger partial charge in [-0.2, -0.15) is 0 Å². The summed E-state index contributed by atoms with van der Waals surface area (Å²) in [5.41, 5.74) is 13.5. The number of rotatable bonds is 0. The first-order chi connectivity index (χ1) is 15.4. The summed E-state index contributed by atoms with van der Waals surface area (Å²) in [6.07, 6.45) is 6.05. The molecule has 0 aliphatic heterocycles. The molecule has 0 saturated carbocycles. The van der Waals surface area contributed by atoms with Crippen LogP contribution in [-0.4, -0.2) is 9.38 Å². The number of benzene rings is 4. The molecule has 0 saturated heterocycles. The summed E-state index contributed by atoms with van der Waals surface area (Å²) < 4.78 is 2.27. The molecular weight excluding hydrogens is 376 g/mol. The van der Waals surface area contributed by atoms with Gasteiger partial charge < -0.3 is 0 Å². The summed E-state index contributed by atoms with van der Waals surface area (Å²) >= 11 is 0. The largest absolute Gasteiger partial charge is 0.299 e. The van der Waals surface area contributed by atoms with Crippen LogP contribution in [0.15, 0.2) is 85.2 Å². The van der Waals surface area contributed by atoms with E-state index in [2.05, 4.69) is 83.4 Å². The van der Waals surface area contributed by atoms with E-state index >= 15 is 0 Å². The summed E-state index contributed by atoms with van der Waals surface area (Å²) in [6.45, 7) is 0. The van der Waals surface area contributed by atoms with Crippen LogP contribution in [-0.2, 0) is 12.8 Å². The zero-order chi connectivity index (χ0) is 20.1. The predicted octanol–water partition coefficient (Wildman–Crippen LogP) is 6.78. The number of imidazole rings is 1. The van der Waals surface area contributed by atoms with Crippen LogP contribution in [0.1, 0.15) is 22.3 Å². The van der Waals surface area contributed by atoms with E-state index in [9.17, 15) is 0 Å². The highest BCUT2D eigenvalue weighted by molar-refractivity contribution is 6.19. The minimum atomic E-state index is 1.01. The molecule has 0 fully saturated rings. The highest BCUT2D eigenvalue weighted by Gasteiger charge is 2.25. The number of aromatic nitrogens is 2. The second-order valence-corrected chi connectivity index (χ2v) is 8.84. The lowest BCUT2D eigenvalue weighted by atomic mass is 9.93. The van der Waals surface area contributed by atoms with Gasteiger partial charge in [-0.15, -0.1) is 0 Å². The summed E-state index contributed by atoms with van der Waals surface area (Å²) in [6, 6.07) is 27.1. The fraction of sp³-hybridized carbons (Fsp3) is 0.0690. The standard InChI is InChI=1S/C29H18N2/c1-3-7-21-17(5-1)14-20-15-24-25(16-23(20)21)29-30-11-12-31(29)26-10-9-19-13-18-6-2-4-8-22(18)27(19)28(24)26/h1-12,15-16H,13-14H2. The molecule has 2 aliphatic carbocycles. The molecule has 0 amide bonds. The van der Waals surface area contributed by atoms with E-state index in [0.29, 0.717) is 0 Å². The zero-order valence-corrected chi connectivity index (χ0v) is 16.9. The molecule has 31 heavy (non-hydrogen) atoms. The quantitative estimate of drug-likeness (QED) is 0.259. The molecule has 8 rings (SSSR count). The van der Waals surface area contributed by atoms with Crippen LogP contribution in [0.25, 0.3) is 49.6 Å². The molecule has 2 heteroatoms. The monoisotopic (exact) mass is 394 g/mol. The minimum Gasteiger partial charge on any atom is -0.299 e. The van der Waals surface area contributed by atoms with Crippen molar-refractivity contribution in [1.29, 1.82) is 0 Å². The third-order valence-corrected chi connectivity index (χ3v) is 7.28. The molecule has 0 bridgehead atoms. The SMILES string of the molecule is c1ccc2c(c1)Cc1cc3c(cc1-2)c1nccn1c1ccc2c(c31)-c1ccccc1C2. The Kier molecular flexibility index (Phi) is 2.77. The van der Waals surface area contributed by atoms with Gasteiger partial charge in [-0.1, -0.05) is 54.6 Å². The first-order valence-corrected chi connectivity index (χ1v) is 10.9. The Balaban J connectivity index is 1.60. The van der Waals surface area contributed by atoms with Crippen LogP contribution >= 0.6 is 0 Å². The van der Waals surface area contributed by atoms with Gasteiger partial charge in [0.05, 0.1) is 5.52 Å². The predicted molar refractivity (Wildman–Crippen MR) is 127 cm³/mol. The van der Waals surface area contributed by atoms with Crippen LogP contribution in [0.3, 0.4) is 0 Å². The fourth-order valence-electron chi connectivity index (χ4n) is 5.96. The van der Waals surface area contributed by atoms with E-state index in [0.717, 1.165) is 18.5 Å². The highest BCUT2D eigenvalue weighted by Crippen LogP contribution is 2.46. The molecule has 0 unspecified atom stereocenters. The minimum absolute atomic E-state index is 1.01. The first kappa shape index (κ1) is 15.9. The Labute approximate surface area is 179 Å². The molecule has 6 aromatic rings. The molecular formula is C29H18N2. The molecule has 2 heterocycles. The lowest BCUT2D eigenvalue weighted by Crippen LogP contribution is -1.95. The van der Waals surface area contributed by atoms with Crippen molar-refractivity contribution in [3.63, 3.8) is 0 Å². The van der Waals surface area contributed by atoms with E-state index in [1.165, 1.54) is 66.2 Å². The summed E-state index contributed by atoms with van der Waals surface area (Å²) in [5, 5.41) is 3.93. The number of hydrogen-bond donors (Lipinski definition) is 0. The van der Waals surface area contributed by atoms with Gasteiger partial charge in [-0.3, -0.25) is 4.40 Å². The number of hydrogen-bond acceptors (Lipinski definition) is 1. The molecule has 0 spiro atoms. The van der Waals surface area contributed by atoms with E-state index in [4.69, 9.17) is 4.98 Å². The van der Waals surface area contributed by atoms with Crippen molar-refractivity contribution in [1.82, 2.24) is 9.38 Å². The number of fused-ring (bicyclic) bond motifs is 13. The van der Waals surface area contributed by atoms with Gasteiger partial charge in [-0.25, -0.2) is 4.98 Å². The van der Waals surface area contributed by atoms with Crippen LogP contribution in [0.4, 0.5) is 0 Å². The maximum Gasteiger partial charge on any atom is 0.145 e.